The largest absolute Gasteiger partial charge is 0.397 e. The van der Waals surface area contributed by atoms with Crippen LogP contribution in [0.2, 0.25) is 5.02 Å². The molecule has 0 radical (unpaired) electrons. The summed E-state index contributed by atoms with van der Waals surface area (Å²) >= 11 is 5.54. The minimum atomic E-state index is -4.13. The molecule has 4 N–H and O–H groups in total. The van der Waals surface area contributed by atoms with Crippen molar-refractivity contribution < 1.29 is 17.0 Å². The molecular formula is C12H10ClFN2O3S. The molecule has 2 aromatic carbocycles. The fraction of sp³-hybridized carbons (Fsp3) is 0. The van der Waals surface area contributed by atoms with Gasteiger partial charge in [0.05, 0.1) is 16.4 Å². The highest BCUT2D eigenvalue weighted by Crippen LogP contribution is 2.26. The van der Waals surface area contributed by atoms with Gasteiger partial charge < -0.3 is 15.7 Å². The minimum Gasteiger partial charge on any atom is -0.397 e. The number of hydrogen-bond acceptors (Lipinski definition) is 5. The van der Waals surface area contributed by atoms with Gasteiger partial charge in [-0.3, -0.25) is 0 Å². The third kappa shape index (κ3) is 2.94. The normalized spacial score (nSPS) is 11.3. The highest BCUT2D eigenvalue weighted by atomic mass is 35.5. The summed E-state index contributed by atoms with van der Waals surface area (Å²) in [6, 6.07) is 7.00. The number of anilines is 2. The average Bonchev–Trinajstić information content (AvgIpc) is 2.37. The zero-order chi connectivity index (χ0) is 14.9. The molecule has 0 aliphatic heterocycles. The summed E-state index contributed by atoms with van der Waals surface area (Å²) in [5, 5.41) is -0.313. The number of hydrogen-bond donors (Lipinski definition) is 2. The van der Waals surface area contributed by atoms with Crippen LogP contribution < -0.4 is 15.7 Å². The van der Waals surface area contributed by atoms with Gasteiger partial charge in [0.25, 0.3) is 0 Å². The molecule has 0 aromatic heterocycles. The Morgan fingerprint density at radius 2 is 1.75 bits per heavy atom. The molecule has 2 rings (SSSR count). The van der Waals surface area contributed by atoms with Crippen molar-refractivity contribution in [3.63, 3.8) is 0 Å². The molecule has 0 saturated heterocycles. The average molecular weight is 317 g/mol. The Balaban J connectivity index is 2.35. The van der Waals surface area contributed by atoms with Gasteiger partial charge in [-0.15, -0.1) is 0 Å². The first-order chi connectivity index (χ1) is 9.29. The summed E-state index contributed by atoms with van der Waals surface area (Å²) in [6.07, 6.45) is 0. The number of halogens is 2. The van der Waals surface area contributed by atoms with Crippen LogP contribution in [0.5, 0.6) is 5.75 Å². The first kappa shape index (κ1) is 14.4. The number of benzene rings is 2. The molecule has 0 bridgehead atoms. The second-order valence-electron chi connectivity index (χ2n) is 3.90. The maximum atomic E-state index is 13.0. The van der Waals surface area contributed by atoms with E-state index in [0.717, 1.165) is 18.2 Å². The Morgan fingerprint density at radius 3 is 2.35 bits per heavy atom. The van der Waals surface area contributed by atoms with Crippen LogP contribution >= 0.6 is 11.6 Å². The molecule has 0 fully saturated rings. The third-order valence-corrected chi connectivity index (χ3v) is 3.98. The van der Waals surface area contributed by atoms with Gasteiger partial charge in [0.15, 0.2) is 0 Å². The van der Waals surface area contributed by atoms with Gasteiger partial charge in [-0.2, -0.15) is 8.42 Å². The van der Waals surface area contributed by atoms with E-state index in [-0.39, 0.29) is 21.4 Å². The molecule has 106 valence electrons. The SMILES string of the molecule is Nc1ccc(OS(=O)(=O)c2ccc(F)c(Cl)c2)cc1N. The van der Waals surface area contributed by atoms with Crippen LogP contribution in [0.25, 0.3) is 0 Å². The molecule has 0 saturated carbocycles. The quantitative estimate of drug-likeness (QED) is 0.669. The van der Waals surface area contributed by atoms with Gasteiger partial charge in [-0.05, 0) is 30.3 Å². The van der Waals surface area contributed by atoms with Gasteiger partial charge in [-0.1, -0.05) is 11.6 Å². The number of rotatable bonds is 3. The van der Waals surface area contributed by atoms with E-state index in [9.17, 15) is 12.8 Å². The van der Waals surface area contributed by atoms with E-state index in [2.05, 4.69) is 0 Å². The highest BCUT2D eigenvalue weighted by molar-refractivity contribution is 7.87. The van der Waals surface area contributed by atoms with Crippen molar-refractivity contribution in [3.8, 4) is 5.75 Å². The van der Waals surface area contributed by atoms with Crippen molar-refractivity contribution in [2.75, 3.05) is 11.5 Å². The lowest BCUT2D eigenvalue weighted by atomic mass is 10.3. The van der Waals surface area contributed by atoms with Crippen molar-refractivity contribution in [1.82, 2.24) is 0 Å². The molecule has 0 spiro atoms. The Labute approximate surface area is 120 Å². The van der Waals surface area contributed by atoms with Crippen molar-refractivity contribution in [2.24, 2.45) is 0 Å². The van der Waals surface area contributed by atoms with E-state index in [4.69, 9.17) is 27.3 Å². The van der Waals surface area contributed by atoms with Gasteiger partial charge in [0.2, 0.25) is 0 Å². The van der Waals surface area contributed by atoms with E-state index < -0.39 is 15.9 Å². The molecule has 0 amide bonds. The topological polar surface area (TPSA) is 95.4 Å². The van der Waals surface area contributed by atoms with E-state index >= 15 is 0 Å². The highest BCUT2D eigenvalue weighted by Gasteiger charge is 2.18. The van der Waals surface area contributed by atoms with Crippen LogP contribution in [0.3, 0.4) is 0 Å². The predicted octanol–water partition coefficient (Wildman–Crippen LogP) is 2.41. The van der Waals surface area contributed by atoms with Gasteiger partial charge in [-0.25, -0.2) is 4.39 Å². The summed E-state index contributed by atoms with van der Waals surface area (Å²) in [7, 11) is -4.13. The Bertz CT molecular complexity index is 765. The fourth-order valence-corrected chi connectivity index (χ4v) is 2.61. The molecule has 5 nitrogen and oxygen atoms in total. The maximum absolute atomic E-state index is 13.0. The van der Waals surface area contributed by atoms with E-state index in [1.165, 1.54) is 18.2 Å². The van der Waals surface area contributed by atoms with Crippen LogP contribution in [-0.4, -0.2) is 8.42 Å². The first-order valence-corrected chi connectivity index (χ1v) is 7.13. The molecule has 0 unspecified atom stereocenters. The van der Waals surface area contributed by atoms with Crippen molar-refractivity contribution in [3.05, 3.63) is 47.2 Å². The second kappa shape index (κ2) is 5.18. The first-order valence-electron chi connectivity index (χ1n) is 5.34. The van der Waals surface area contributed by atoms with E-state index in [0.29, 0.717) is 5.69 Å². The fourth-order valence-electron chi connectivity index (χ4n) is 1.41. The molecular weight excluding hydrogens is 307 g/mol. The molecule has 0 aliphatic carbocycles. The summed E-state index contributed by atoms with van der Waals surface area (Å²) in [6.45, 7) is 0. The lowest BCUT2D eigenvalue weighted by Gasteiger charge is -2.09. The second-order valence-corrected chi connectivity index (χ2v) is 5.86. The third-order valence-electron chi connectivity index (χ3n) is 2.44. The van der Waals surface area contributed by atoms with Gasteiger partial charge >= 0.3 is 10.1 Å². The molecule has 0 heterocycles. The standard InChI is InChI=1S/C12H10ClFN2O3S/c13-9-6-8(2-3-10(9)14)20(17,18)19-7-1-4-11(15)12(16)5-7/h1-6H,15-16H2. The van der Waals surface area contributed by atoms with Crippen LogP contribution in [0, 0.1) is 5.82 Å². The Hall–Kier alpha value is -1.99. The summed E-state index contributed by atoms with van der Waals surface area (Å²) in [4.78, 5) is -0.265. The summed E-state index contributed by atoms with van der Waals surface area (Å²) in [5.41, 5.74) is 11.6. The Kier molecular flexibility index (Phi) is 3.74. The van der Waals surface area contributed by atoms with Crippen molar-refractivity contribution in [1.29, 1.82) is 0 Å². The smallest absolute Gasteiger partial charge is 0.339 e. The summed E-state index contributed by atoms with van der Waals surface area (Å²) in [5.74, 6) is -0.723. The van der Waals surface area contributed by atoms with Gasteiger partial charge in [0.1, 0.15) is 16.5 Å². The minimum absolute atomic E-state index is 0.00264. The van der Waals surface area contributed by atoms with E-state index in [1.807, 2.05) is 0 Å². The maximum Gasteiger partial charge on any atom is 0.339 e. The molecule has 8 heteroatoms. The summed E-state index contributed by atoms with van der Waals surface area (Å²) < 4.78 is 41.9. The van der Waals surface area contributed by atoms with Crippen molar-refractivity contribution >= 4 is 33.1 Å². The van der Waals surface area contributed by atoms with Crippen molar-refractivity contribution in [2.45, 2.75) is 4.90 Å². The van der Waals surface area contributed by atoms with Crippen LogP contribution in [0.4, 0.5) is 15.8 Å². The Morgan fingerprint density at radius 1 is 1.05 bits per heavy atom. The monoisotopic (exact) mass is 316 g/mol. The predicted molar refractivity (Wildman–Crippen MR) is 74.5 cm³/mol. The lowest BCUT2D eigenvalue weighted by molar-refractivity contribution is 0.486. The van der Waals surface area contributed by atoms with Crippen LogP contribution in [0.1, 0.15) is 0 Å². The molecule has 0 atom stereocenters. The zero-order valence-electron chi connectivity index (χ0n) is 10.0. The zero-order valence-corrected chi connectivity index (χ0v) is 11.6. The molecule has 2 aromatic rings. The van der Waals surface area contributed by atoms with Crippen LogP contribution in [-0.2, 0) is 10.1 Å². The number of nitrogen functional groups attached to an aromatic ring is 2. The molecule has 0 aliphatic rings. The molecule has 20 heavy (non-hydrogen) atoms. The number of nitrogens with two attached hydrogens (primary N) is 2. The van der Waals surface area contributed by atoms with Gasteiger partial charge in [0, 0.05) is 6.07 Å². The lowest BCUT2D eigenvalue weighted by Crippen LogP contribution is -2.10. The van der Waals surface area contributed by atoms with E-state index in [1.54, 1.807) is 0 Å². The van der Waals surface area contributed by atoms with Crippen LogP contribution in [0.15, 0.2) is 41.3 Å².